The van der Waals surface area contributed by atoms with Gasteiger partial charge >= 0.3 is 0 Å². The van der Waals surface area contributed by atoms with Crippen LogP contribution in [0.25, 0.3) is 0 Å². The Kier molecular flexibility index (Phi) is 6.56. The normalized spacial score (nSPS) is 22.2. The van der Waals surface area contributed by atoms with E-state index in [2.05, 4.69) is 26.1 Å². The van der Waals surface area contributed by atoms with Crippen LogP contribution in [-0.4, -0.2) is 36.5 Å². The van der Waals surface area contributed by atoms with E-state index in [1.165, 1.54) is 19.3 Å². The van der Waals surface area contributed by atoms with E-state index in [0.717, 1.165) is 32.5 Å². The topological polar surface area (TPSA) is 32.3 Å². The third-order valence-electron chi connectivity index (χ3n) is 3.69. The lowest BCUT2D eigenvalue weighted by Gasteiger charge is -2.31. The first-order valence-corrected chi connectivity index (χ1v) is 7.21. The minimum absolute atomic E-state index is 0.184. The van der Waals surface area contributed by atoms with E-state index in [9.17, 15) is 4.79 Å². The van der Waals surface area contributed by atoms with Crippen molar-refractivity contribution < 1.29 is 4.79 Å². The third-order valence-corrected chi connectivity index (χ3v) is 3.69. The standard InChI is InChI=1S/C14H28N2O/c1-4-8-12(3)14(17)16(5-2)11-13-9-6-7-10-15-13/h12-13,15H,4-11H2,1-3H3. The minimum atomic E-state index is 0.184. The van der Waals surface area contributed by atoms with E-state index in [0.29, 0.717) is 11.9 Å². The van der Waals surface area contributed by atoms with E-state index in [4.69, 9.17) is 0 Å². The van der Waals surface area contributed by atoms with Gasteiger partial charge in [0.05, 0.1) is 0 Å². The lowest BCUT2D eigenvalue weighted by atomic mass is 10.0. The zero-order chi connectivity index (χ0) is 12.7. The Morgan fingerprint density at radius 3 is 2.71 bits per heavy atom. The molecule has 1 aliphatic rings. The molecule has 0 spiro atoms. The lowest BCUT2D eigenvalue weighted by molar-refractivity contribution is -0.135. The van der Waals surface area contributed by atoms with E-state index < -0.39 is 0 Å². The van der Waals surface area contributed by atoms with Crippen LogP contribution in [0.15, 0.2) is 0 Å². The molecule has 2 atom stereocenters. The number of likely N-dealkylation sites (N-methyl/N-ethyl adjacent to an activating group) is 1. The van der Waals surface area contributed by atoms with Gasteiger partial charge in [0.1, 0.15) is 0 Å². The number of hydrogen-bond acceptors (Lipinski definition) is 2. The van der Waals surface area contributed by atoms with E-state index >= 15 is 0 Å². The molecule has 1 rings (SSSR count). The number of nitrogens with one attached hydrogen (secondary N) is 1. The molecule has 100 valence electrons. The molecule has 3 nitrogen and oxygen atoms in total. The maximum atomic E-state index is 12.2. The van der Waals surface area contributed by atoms with Gasteiger partial charge < -0.3 is 10.2 Å². The SMILES string of the molecule is CCCC(C)C(=O)N(CC)CC1CCCCN1. The van der Waals surface area contributed by atoms with Gasteiger partial charge in [0.15, 0.2) is 0 Å². The highest BCUT2D eigenvalue weighted by atomic mass is 16.2. The number of rotatable bonds is 6. The van der Waals surface area contributed by atoms with Crippen molar-refractivity contribution in [3.8, 4) is 0 Å². The predicted molar refractivity (Wildman–Crippen MR) is 72.0 cm³/mol. The van der Waals surface area contributed by atoms with Gasteiger partial charge in [0.2, 0.25) is 5.91 Å². The fourth-order valence-electron chi connectivity index (χ4n) is 2.59. The molecule has 3 heteroatoms. The summed E-state index contributed by atoms with van der Waals surface area (Å²) in [6, 6.07) is 0.515. The second-order valence-corrected chi connectivity index (χ2v) is 5.21. The van der Waals surface area contributed by atoms with Crippen molar-refractivity contribution in [2.45, 2.75) is 58.9 Å². The highest BCUT2D eigenvalue weighted by Crippen LogP contribution is 2.13. The molecular weight excluding hydrogens is 212 g/mol. The number of carbonyl (C=O) groups excluding carboxylic acids is 1. The first kappa shape index (κ1) is 14.5. The van der Waals surface area contributed by atoms with Gasteiger partial charge in [-0.05, 0) is 32.7 Å². The van der Waals surface area contributed by atoms with Crippen molar-refractivity contribution in [1.82, 2.24) is 10.2 Å². The van der Waals surface area contributed by atoms with Crippen LogP contribution >= 0.6 is 0 Å². The number of hydrogen-bond donors (Lipinski definition) is 1. The van der Waals surface area contributed by atoms with Crippen molar-refractivity contribution in [3.63, 3.8) is 0 Å². The molecule has 1 aliphatic heterocycles. The van der Waals surface area contributed by atoms with Crippen LogP contribution < -0.4 is 5.32 Å². The molecule has 1 heterocycles. The Labute approximate surface area is 106 Å². The highest BCUT2D eigenvalue weighted by Gasteiger charge is 2.22. The Bertz CT molecular complexity index is 224. The summed E-state index contributed by atoms with van der Waals surface area (Å²) in [5.74, 6) is 0.519. The number of amides is 1. The fourth-order valence-corrected chi connectivity index (χ4v) is 2.59. The van der Waals surface area contributed by atoms with Crippen LogP contribution in [0.2, 0.25) is 0 Å². The molecule has 0 bridgehead atoms. The van der Waals surface area contributed by atoms with Crippen LogP contribution in [0.3, 0.4) is 0 Å². The second kappa shape index (κ2) is 7.70. The van der Waals surface area contributed by atoms with Crippen LogP contribution in [0.4, 0.5) is 0 Å². The van der Waals surface area contributed by atoms with Gasteiger partial charge in [-0.3, -0.25) is 4.79 Å². The lowest BCUT2D eigenvalue weighted by Crippen LogP contribution is -2.47. The predicted octanol–water partition coefficient (Wildman–Crippen LogP) is 2.41. The molecule has 0 aromatic carbocycles. The Hall–Kier alpha value is -0.570. The summed E-state index contributed by atoms with van der Waals surface area (Å²) in [7, 11) is 0. The molecule has 1 saturated heterocycles. The van der Waals surface area contributed by atoms with Gasteiger partial charge in [0.25, 0.3) is 0 Å². The molecule has 0 aromatic rings. The average Bonchev–Trinajstić information content (AvgIpc) is 2.36. The molecule has 0 aromatic heterocycles. The molecule has 0 saturated carbocycles. The summed E-state index contributed by atoms with van der Waals surface area (Å²) in [4.78, 5) is 14.3. The molecule has 1 amide bonds. The van der Waals surface area contributed by atoms with Crippen molar-refractivity contribution in [2.24, 2.45) is 5.92 Å². The summed E-state index contributed by atoms with van der Waals surface area (Å²) in [6.45, 7) is 9.13. The Morgan fingerprint density at radius 2 is 2.18 bits per heavy atom. The van der Waals surface area contributed by atoms with Crippen LogP contribution in [0, 0.1) is 5.92 Å². The van der Waals surface area contributed by atoms with Gasteiger partial charge in [-0.2, -0.15) is 0 Å². The number of nitrogens with zero attached hydrogens (tertiary/aromatic N) is 1. The molecule has 17 heavy (non-hydrogen) atoms. The minimum Gasteiger partial charge on any atom is -0.341 e. The summed E-state index contributed by atoms with van der Waals surface area (Å²) < 4.78 is 0. The fraction of sp³-hybridized carbons (Fsp3) is 0.929. The summed E-state index contributed by atoms with van der Waals surface area (Å²) in [5, 5.41) is 3.52. The molecule has 2 unspecified atom stereocenters. The van der Waals surface area contributed by atoms with Crippen LogP contribution in [0.1, 0.15) is 52.9 Å². The van der Waals surface area contributed by atoms with Crippen molar-refractivity contribution in [1.29, 1.82) is 0 Å². The van der Waals surface area contributed by atoms with E-state index in [1.54, 1.807) is 0 Å². The summed E-state index contributed by atoms with van der Waals surface area (Å²) >= 11 is 0. The zero-order valence-corrected chi connectivity index (χ0v) is 11.7. The van der Waals surface area contributed by atoms with E-state index in [1.807, 2.05) is 4.90 Å². The van der Waals surface area contributed by atoms with Crippen molar-refractivity contribution in [2.75, 3.05) is 19.6 Å². The Morgan fingerprint density at radius 1 is 1.41 bits per heavy atom. The maximum absolute atomic E-state index is 12.2. The largest absolute Gasteiger partial charge is 0.341 e. The molecule has 0 aliphatic carbocycles. The maximum Gasteiger partial charge on any atom is 0.225 e. The van der Waals surface area contributed by atoms with Crippen molar-refractivity contribution >= 4 is 5.91 Å². The first-order chi connectivity index (χ1) is 8.19. The van der Waals surface area contributed by atoms with Crippen LogP contribution in [-0.2, 0) is 4.79 Å². The smallest absolute Gasteiger partial charge is 0.225 e. The Balaban J connectivity index is 2.43. The summed E-state index contributed by atoms with van der Waals surface area (Å²) in [6.07, 6.45) is 5.89. The molecular formula is C14H28N2O. The van der Waals surface area contributed by atoms with Crippen LogP contribution in [0.5, 0.6) is 0 Å². The second-order valence-electron chi connectivity index (χ2n) is 5.21. The van der Waals surface area contributed by atoms with Crippen molar-refractivity contribution in [3.05, 3.63) is 0 Å². The quantitative estimate of drug-likeness (QED) is 0.773. The third kappa shape index (κ3) is 4.66. The number of carbonyl (C=O) groups is 1. The van der Waals surface area contributed by atoms with E-state index in [-0.39, 0.29) is 5.92 Å². The molecule has 1 fully saturated rings. The van der Waals surface area contributed by atoms with Gasteiger partial charge in [-0.1, -0.05) is 26.7 Å². The summed E-state index contributed by atoms with van der Waals surface area (Å²) in [5.41, 5.74) is 0. The molecule has 1 N–H and O–H groups in total. The average molecular weight is 240 g/mol. The zero-order valence-electron chi connectivity index (χ0n) is 11.7. The molecule has 0 radical (unpaired) electrons. The van der Waals surface area contributed by atoms with Gasteiger partial charge in [-0.25, -0.2) is 0 Å². The van der Waals surface area contributed by atoms with Gasteiger partial charge in [-0.15, -0.1) is 0 Å². The number of piperidine rings is 1. The monoisotopic (exact) mass is 240 g/mol. The first-order valence-electron chi connectivity index (χ1n) is 7.21. The van der Waals surface area contributed by atoms with Gasteiger partial charge in [0, 0.05) is 25.0 Å². The highest BCUT2D eigenvalue weighted by molar-refractivity contribution is 5.78.